The molecule has 1 amide bonds. The molecule has 8 heteroatoms. The lowest BCUT2D eigenvalue weighted by molar-refractivity contribution is -0.116. The summed E-state index contributed by atoms with van der Waals surface area (Å²) in [5.41, 5.74) is -0.330. The van der Waals surface area contributed by atoms with Crippen molar-refractivity contribution in [2.45, 2.75) is 33.4 Å². The summed E-state index contributed by atoms with van der Waals surface area (Å²) in [5, 5.41) is 5.32. The smallest absolute Gasteiger partial charge is 0.300 e. The second-order valence-electron chi connectivity index (χ2n) is 6.41. The highest BCUT2D eigenvalue weighted by Gasteiger charge is 2.15. The number of para-hydroxylation sites is 1. The molecule has 0 spiro atoms. The van der Waals surface area contributed by atoms with Gasteiger partial charge in [-0.25, -0.2) is 9.78 Å². The highest BCUT2D eigenvalue weighted by Crippen LogP contribution is 2.12. The molecule has 0 radical (unpaired) electrons. The highest BCUT2D eigenvalue weighted by atomic mass is 32.1. The van der Waals surface area contributed by atoms with Crippen molar-refractivity contribution in [2.75, 3.05) is 5.32 Å². The van der Waals surface area contributed by atoms with Gasteiger partial charge in [0.05, 0.1) is 10.9 Å². The Balaban J connectivity index is 2.03. The van der Waals surface area contributed by atoms with Gasteiger partial charge in [0.25, 0.3) is 5.56 Å². The molecule has 0 unspecified atom stereocenters. The molecule has 0 aliphatic heterocycles. The van der Waals surface area contributed by atoms with Crippen LogP contribution in [0.2, 0.25) is 0 Å². The maximum absolute atomic E-state index is 12.9. The molecular formula is C18H20N4O3S. The van der Waals surface area contributed by atoms with Gasteiger partial charge in [-0.05, 0) is 24.5 Å². The van der Waals surface area contributed by atoms with E-state index >= 15 is 0 Å². The molecule has 2 heterocycles. The number of anilines is 1. The minimum Gasteiger partial charge on any atom is -0.300 e. The number of rotatable bonds is 6. The van der Waals surface area contributed by atoms with Gasteiger partial charge in [-0.3, -0.25) is 18.7 Å². The quantitative estimate of drug-likeness (QED) is 0.719. The van der Waals surface area contributed by atoms with Crippen LogP contribution in [0.25, 0.3) is 10.9 Å². The fraction of sp³-hybridized carbons (Fsp3) is 0.333. The van der Waals surface area contributed by atoms with Crippen molar-refractivity contribution in [3.63, 3.8) is 0 Å². The standard InChI is InChI=1S/C18H20N4O3S/c1-12(2)7-9-21-16(24)13-5-3-4-6-14(13)22(18(21)25)11-15(23)20-17-19-8-10-26-17/h3-6,8,10,12H,7,9,11H2,1-2H3,(H,19,20,23). The average molecular weight is 372 g/mol. The van der Waals surface area contributed by atoms with Gasteiger partial charge in [-0.15, -0.1) is 11.3 Å². The van der Waals surface area contributed by atoms with Gasteiger partial charge in [0.1, 0.15) is 6.54 Å². The van der Waals surface area contributed by atoms with Gasteiger partial charge in [0.2, 0.25) is 5.91 Å². The SMILES string of the molecule is CC(C)CCn1c(=O)c2ccccc2n(CC(=O)Nc2nccs2)c1=O. The predicted octanol–water partition coefficient (Wildman–Crippen LogP) is 2.30. The van der Waals surface area contributed by atoms with E-state index in [1.54, 1.807) is 35.8 Å². The van der Waals surface area contributed by atoms with Crippen molar-refractivity contribution < 1.29 is 4.79 Å². The maximum atomic E-state index is 12.9. The number of hydrogen-bond acceptors (Lipinski definition) is 5. The molecule has 1 aromatic carbocycles. The van der Waals surface area contributed by atoms with E-state index in [2.05, 4.69) is 10.3 Å². The molecule has 7 nitrogen and oxygen atoms in total. The summed E-state index contributed by atoms with van der Waals surface area (Å²) >= 11 is 1.30. The number of nitrogens with zero attached hydrogens (tertiary/aromatic N) is 3. The van der Waals surface area contributed by atoms with Crippen LogP contribution in [-0.4, -0.2) is 20.0 Å². The minimum absolute atomic E-state index is 0.180. The summed E-state index contributed by atoms with van der Waals surface area (Å²) in [5.74, 6) is -0.00400. The summed E-state index contributed by atoms with van der Waals surface area (Å²) in [6, 6.07) is 6.86. The van der Waals surface area contributed by atoms with Gasteiger partial charge in [-0.1, -0.05) is 26.0 Å². The summed E-state index contributed by atoms with van der Waals surface area (Å²) in [4.78, 5) is 41.9. The molecule has 3 aromatic rings. The van der Waals surface area contributed by atoms with E-state index in [4.69, 9.17) is 0 Å². The molecule has 26 heavy (non-hydrogen) atoms. The normalized spacial score (nSPS) is 11.2. The van der Waals surface area contributed by atoms with Crippen molar-refractivity contribution in [1.29, 1.82) is 0 Å². The van der Waals surface area contributed by atoms with Crippen molar-refractivity contribution in [3.05, 3.63) is 56.7 Å². The highest BCUT2D eigenvalue weighted by molar-refractivity contribution is 7.13. The Morgan fingerprint density at radius 3 is 2.69 bits per heavy atom. The molecule has 2 aromatic heterocycles. The molecule has 0 aliphatic rings. The zero-order chi connectivity index (χ0) is 18.7. The van der Waals surface area contributed by atoms with Crippen LogP contribution in [0.4, 0.5) is 5.13 Å². The van der Waals surface area contributed by atoms with Crippen molar-refractivity contribution in [3.8, 4) is 0 Å². The van der Waals surface area contributed by atoms with Crippen LogP contribution in [0.5, 0.6) is 0 Å². The van der Waals surface area contributed by atoms with E-state index in [0.717, 1.165) is 0 Å². The maximum Gasteiger partial charge on any atom is 0.331 e. The Labute approximate surface area is 153 Å². The first-order chi connectivity index (χ1) is 12.5. The molecular weight excluding hydrogens is 352 g/mol. The van der Waals surface area contributed by atoms with Crippen LogP contribution in [-0.2, 0) is 17.9 Å². The number of thiazole rings is 1. The number of carbonyl (C=O) groups excluding carboxylic acids is 1. The van der Waals surface area contributed by atoms with Crippen LogP contribution in [0.3, 0.4) is 0 Å². The number of amides is 1. The summed E-state index contributed by atoms with van der Waals surface area (Å²) in [7, 11) is 0. The Morgan fingerprint density at radius 1 is 1.23 bits per heavy atom. The zero-order valence-corrected chi connectivity index (χ0v) is 15.5. The van der Waals surface area contributed by atoms with E-state index in [-0.39, 0.29) is 18.0 Å². The lowest BCUT2D eigenvalue weighted by atomic mass is 10.1. The van der Waals surface area contributed by atoms with Crippen molar-refractivity contribution in [1.82, 2.24) is 14.1 Å². The van der Waals surface area contributed by atoms with Crippen LogP contribution >= 0.6 is 11.3 Å². The number of hydrogen-bond donors (Lipinski definition) is 1. The summed E-state index contributed by atoms with van der Waals surface area (Å²) in [6.07, 6.45) is 2.30. The third kappa shape index (κ3) is 3.75. The molecule has 0 bridgehead atoms. The number of fused-ring (bicyclic) bond motifs is 1. The molecule has 3 rings (SSSR count). The topological polar surface area (TPSA) is 86.0 Å². The molecule has 1 N–H and O–H groups in total. The van der Waals surface area contributed by atoms with Crippen molar-refractivity contribution in [2.24, 2.45) is 5.92 Å². The Morgan fingerprint density at radius 2 is 2.00 bits per heavy atom. The van der Waals surface area contributed by atoms with E-state index in [1.165, 1.54) is 20.5 Å². The Hall–Kier alpha value is -2.74. The first-order valence-corrected chi connectivity index (χ1v) is 9.27. The van der Waals surface area contributed by atoms with Crippen LogP contribution in [0.1, 0.15) is 20.3 Å². The summed E-state index contributed by atoms with van der Waals surface area (Å²) < 4.78 is 2.57. The molecule has 0 aliphatic carbocycles. The van der Waals surface area contributed by atoms with Gasteiger partial charge in [-0.2, -0.15) is 0 Å². The molecule has 0 fully saturated rings. The molecule has 0 atom stereocenters. The molecule has 0 saturated heterocycles. The number of nitrogens with one attached hydrogen (secondary N) is 1. The molecule has 0 saturated carbocycles. The lowest BCUT2D eigenvalue weighted by Gasteiger charge is -2.14. The van der Waals surface area contributed by atoms with Gasteiger partial charge < -0.3 is 5.32 Å². The van der Waals surface area contributed by atoms with Crippen LogP contribution in [0, 0.1) is 5.92 Å². The zero-order valence-electron chi connectivity index (χ0n) is 14.6. The van der Waals surface area contributed by atoms with Crippen LogP contribution in [0.15, 0.2) is 45.4 Å². The number of benzene rings is 1. The van der Waals surface area contributed by atoms with Gasteiger partial charge in [0, 0.05) is 18.1 Å². The van der Waals surface area contributed by atoms with Gasteiger partial charge in [0.15, 0.2) is 5.13 Å². The van der Waals surface area contributed by atoms with E-state index < -0.39 is 5.69 Å². The fourth-order valence-corrected chi connectivity index (χ4v) is 3.24. The van der Waals surface area contributed by atoms with E-state index in [0.29, 0.717) is 34.9 Å². The van der Waals surface area contributed by atoms with Crippen molar-refractivity contribution >= 4 is 33.3 Å². The number of aromatic nitrogens is 3. The Bertz CT molecular complexity index is 1030. The summed E-state index contributed by atoms with van der Waals surface area (Å²) in [6.45, 7) is 4.22. The average Bonchev–Trinajstić information content (AvgIpc) is 3.11. The second-order valence-corrected chi connectivity index (χ2v) is 7.31. The predicted molar refractivity (Wildman–Crippen MR) is 103 cm³/mol. The number of carbonyl (C=O) groups is 1. The third-order valence-electron chi connectivity index (χ3n) is 4.04. The molecule has 136 valence electrons. The van der Waals surface area contributed by atoms with E-state index in [1.807, 2.05) is 13.8 Å². The van der Waals surface area contributed by atoms with Gasteiger partial charge >= 0.3 is 5.69 Å². The van der Waals surface area contributed by atoms with Crippen LogP contribution < -0.4 is 16.6 Å². The second kappa shape index (κ2) is 7.65. The minimum atomic E-state index is -0.469. The monoisotopic (exact) mass is 372 g/mol. The first-order valence-electron chi connectivity index (χ1n) is 8.39. The third-order valence-corrected chi connectivity index (χ3v) is 4.73. The first kappa shape index (κ1) is 18.1. The lowest BCUT2D eigenvalue weighted by Crippen LogP contribution is -2.42. The van der Waals surface area contributed by atoms with E-state index in [9.17, 15) is 14.4 Å². The Kier molecular flexibility index (Phi) is 5.32. The largest absolute Gasteiger partial charge is 0.331 e. The fourth-order valence-electron chi connectivity index (χ4n) is 2.70.